The van der Waals surface area contributed by atoms with Crippen LogP contribution >= 0.6 is 0 Å². The van der Waals surface area contributed by atoms with Gasteiger partial charge in [0.1, 0.15) is 0 Å². The third kappa shape index (κ3) is 1.79. The molecule has 0 saturated heterocycles. The lowest BCUT2D eigenvalue weighted by Gasteiger charge is -2.61. The van der Waals surface area contributed by atoms with Crippen LogP contribution in [0.1, 0.15) is 65.7 Å². The van der Waals surface area contributed by atoms with E-state index in [-0.39, 0.29) is 11.5 Å². The second kappa shape index (κ2) is 4.60. The lowest BCUT2D eigenvalue weighted by molar-refractivity contribution is -0.126. The molecule has 4 aliphatic carbocycles. The molecule has 1 heteroatoms. The van der Waals surface area contributed by atoms with Gasteiger partial charge in [0.05, 0.1) is 6.10 Å². The molecular formula is C20H32O. The average Bonchev–Trinajstić information content (AvgIpc) is 2.75. The highest BCUT2D eigenvalue weighted by Crippen LogP contribution is 2.66. The zero-order chi connectivity index (χ0) is 14.8. The lowest BCUT2D eigenvalue weighted by atomic mass is 9.44. The van der Waals surface area contributed by atoms with Crippen molar-refractivity contribution >= 4 is 0 Å². The van der Waals surface area contributed by atoms with Crippen LogP contribution in [0.3, 0.4) is 0 Å². The Morgan fingerprint density at radius 3 is 2.52 bits per heavy atom. The first-order valence-corrected chi connectivity index (χ1v) is 9.30. The van der Waals surface area contributed by atoms with Crippen LogP contribution in [-0.4, -0.2) is 11.2 Å². The molecule has 3 saturated carbocycles. The normalized spacial score (nSPS) is 59.2. The number of hydrogen-bond acceptors (Lipinski definition) is 1. The first kappa shape index (κ1) is 14.3. The van der Waals surface area contributed by atoms with Gasteiger partial charge in [-0.1, -0.05) is 32.9 Å². The van der Waals surface area contributed by atoms with Crippen molar-refractivity contribution in [1.29, 1.82) is 0 Å². The second-order valence-corrected chi connectivity index (χ2v) is 9.25. The molecule has 8 atom stereocenters. The molecule has 0 heterocycles. The number of aliphatic hydroxyl groups is 1. The topological polar surface area (TPSA) is 20.2 Å². The van der Waals surface area contributed by atoms with Crippen LogP contribution < -0.4 is 0 Å². The average molecular weight is 288 g/mol. The van der Waals surface area contributed by atoms with E-state index in [1.165, 1.54) is 38.5 Å². The van der Waals surface area contributed by atoms with Gasteiger partial charge in [-0.05, 0) is 85.4 Å². The van der Waals surface area contributed by atoms with E-state index >= 15 is 0 Å². The van der Waals surface area contributed by atoms with Crippen molar-refractivity contribution in [3.63, 3.8) is 0 Å². The smallest absolute Gasteiger partial charge is 0.0596 e. The van der Waals surface area contributed by atoms with E-state index in [1.54, 1.807) is 0 Å². The molecule has 0 aromatic heterocycles. The SMILES string of the molecule is C[C@H]1C[C@@H]2[C@H](CC[C@]3(C)[C@@H](O)CC[C@@H]23)[C@@]2(C)CC=CC[C@H]12. The number of allylic oxidation sites excluding steroid dienone is 2. The maximum absolute atomic E-state index is 10.5. The Morgan fingerprint density at radius 2 is 1.71 bits per heavy atom. The summed E-state index contributed by atoms with van der Waals surface area (Å²) in [5.74, 6) is 4.34. The van der Waals surface area contributed by atoms with Crippen LogP contribution in [0.25, 0.3) is 0 Å². The molecular weight excluding hydrogens is 256 g/mol. The molecule has 3 fully saturated rings. The van der Waals surface area contributed by atoms with Gasteiger partial charge in [-0.2, -0.15) is 0 Å². The van der Waals surface area contributed by atoms with E-state index in [0.717, 1.165) is 36.0 Å². The molecule has 1 N–H and O–H groups in total. The first-order chi connectivity index (χ1) is 9.97. The van der Waals surface area contributed by atoms with E-state index < -0.39 is 0 Å². The third-order valence-corrected chi connectivity index (χ3v) is 8.53. The van der Waals surface area contributed by atoms with Crippen LogP contribution in [0.5, 0.6) is 0 Å². The first-order valence-electron chi connectivity index (χ1n) is 9.30. The molecule has 0 spiro atoms. The predicted octanol–water partition coefficient (Wildman–Crippen LogP) is 4.80. The largest absolute Gasteiger partial charge is 0.393 e. The molecule has 4 rings (SSSR count). The van der Waals surface area contributed by atoms with E-state index in [2.05, 4.69) is 32.9 Å². The fourth-order valence-corrected chi connectivity index (χ4v) is 7.31. The van der Waals surface area contributed by atoms with Crippen LogP contribution in [0, 0.1) is 40.4 Å². The summed E-state index contributed by atoms with van der Waals surface area (Å²) in [6, 6.07) is 0. The van der Waals surface area contributed by atoms with Gasteiger partial charge in [-0.15, -0.1) is 0 Å². The minimum absolute atomic E-state index is 0.0319. The highest BCUT2D eigenvalue weighted by atomic mass is 16.3. The van der Waals surface area contributed by atoms with Gasteiger partial charge in [0.25, 0.3) is 0 Å². The summed E-state index contributed by atoms with van der Waals surface area (Å²) in [6.07, 6.45) is 13.9. The van der Waals surface area contributed by atoms with E-state index in [9.17, 15) is 5.11 Å². The Hall–Kier alpha value is -0.300. The Bertz CT molecular complexity index is 455. The summed E-state index contributed by atoms with van der Waals surface area (Å²) in [5, 5.41) is 10.5. The zero-order valence-electron chi connectivity index (χ0n) is 14.0. The van der Waals surface area contributed by atoms with Crippen molar-refractivity contribution in [3.8, 4) is 0 Å². The summed E-state index contributed by atoms with van der Waals surface area (Å²) in [6.45, 7) is 7.50. The molecule has 0 unspecified atom stereocenters. The Balaban J connectivity index is 1.70. The van der Waals surface area contributed by atoms with Crippen LogP contribution in [0.2, 0.25) is 0 Å². The molecule has 0 bridgehead atoms. The van der Waals surface area contributed by atoms with Gasteiger partial charge < -0.3 is 5.11 Å². The number of rotatable bonds is 0. The minimum Gasteiger partial charge on any atom is -0.393 e. The maximum Gasteiger partial charge on any atom is 0.0596 e. The molecule has 0 aromatic rings. The lowest BCUT2D eigenvalue weighted by Crippen LogP contribution is -2.55. The summed E-state index contributed by atoms with van der Waals surface area (Å²) in [4.78, 5) is 0. The monoisotopic (exact) mass is 288 g/mol. The molecule has 0 aliphatic heterocycles. The Kier molecular flexibility index (Phi) is 3.13. The minimum atomic E-state index is -0.0319. The summed E-state index contributed by atoms with van der Waals surface area (Å²) >= 11 is 0. The van der Waals surface area contributed by atoms with Gasteiger partial charge >= 0.3 is 0 Å². The van der Waals surface area contributed by atoms with Crippen molar-refractivity contribution in [1.82, 2.24) is 0 Å². The molecule has 0 amide bonds. The number of hydrogen-bond donors (Lipinski definition) is 1. The van der Waals surface area contributed by atoms with Crippen LogP contribution in [0.15, 0.2) is 12.2 Å². The predicted molar refractivity (Wildman–Crippen MR) is 86.8 cm³/mol. The van der Waals surface area contributed by atoms with Crippen molar-refractivity contribution in [2.24, 2.45) is 40.4 Å². The summed E-state index contributed by atoms with van der Waals surface area (Å²) in [7, 11) is 0. The molecule has 21 heavy (non-hydrogen) atoms. The number of fused-ring (bicyclic) bond motifs is 5. The van der Waals surface area contributed by atoms with E-state index in [0.29, 0.717) is 5.41 Å². The molecule has 1 nitrogen and oxygen atoms in total. The highest BCUT2D eigenvalue weighted by Gasteiger charge is 2.60. The standard InChI is InChI=1S/C20H32O/c1-13-12-14-16-7-8-18(21)20(16,3)11-9-17(14)19(2)10-5-4-6-15(13)19/h4-5,13-18,21H,6-12H2,1-3H3/t13-,14-,15+,16-,17-,18-,19-,20-/m0/s1. The fourth-order valence-electron chi connectivity index (χ4n) is 7.31. The van der Waals surface area contributed by atoms with Gasteiger partial charge in [0, 0.05) is 0 Å². The Morgan fingerprint density at radius 1 is 0.952 bits per heavy atom. The van der Waals surface area contributed by atoms with E-state index in [4.69, 9.17) is 0 Å². The summed E-state index contributed by atoms with van der Waals surface area (Å²) in [5.41, 5.74) is 0.764. The van der Waals surface area contributed by atoms with Crippen molar-refractivity contribution < 1.29 is 5.11 Å². The van der Waals surface area contributed by atoms with E-state index in [1.807, 2.05) is 0 Å². The summed E-state index contributed by atoms with van der Waals surface area (Å²) < 4.78 is 0. The Labute approximate surface area is 130 Å². The molecule has 0 aromatic carbocycles. The number of aliphatic hydroxyl groups excluding tert-OH is 1. The fraction of sp³-hybridized carbons (Fsp3) is 0.900. The van der Waals surface area contributed by atoms with Gasteiger partial charge in [-0.25, -0.2) is 0 Å². The van der Waals surface area contributed by atoms with Crippen LogP contribution in [-0.2, 0) is 0 Å². The maximum atomic E-state index is 10.5. The van der Waals surface area contributed by atoms with Crippen molar-refractivity contribution in [2.45, 2.75) is 71.8 Å². The third-order valence-electron chi connectivity index (χ3n) is 8.53. The van der Waals surface area contributed by atoms with Gasteiger partial charge in [-0.3, -0.25) is 0 Å². The van der Waals surface area contributed by atoms with Crippen molar-refractivity contribution in [2.75, 3.05) is 0 Å². The van der Waals surface area contributed by atoms with Gasteiger partial charge in [0.2, 0.25) is 0 Å². The molecule has 118 valence electrons. The molecule has 0 radical (unpaired) electrons. The molecule has 4 aliphatic rings. The van der Waals surface area contributed by atoms with Crippen molar-refractivity contribution in [3.05, 3.63) is 12.2 Å². The highest BCUT2D eigenvalue weighted by molar-refractivity contribution is 5.13. The second-order valence-electron chi connectivity index (χ2n) is 9.25. The van der Waals surface area contributed by atoms with Gasteiger partial charge in [0.15, 0.2) is 0 Å². The van der Waals surface area contributed by atoms with Crippen LogP contribution in [0.4, 0.5) is 0 Å². The quantitative estimate of drug-likeness (QED) is 0.635. The zero-order valence-corrected chi connectivity index (χ0v) is 14.0.